The van der Waals surface area contributed by atoms with Crippen molar-refractivity contribution in [1.29, 1.82) is 0 Å². The van der Waals surface area contributed by atoms with Gasteiger partial charge in [0, 0.05) is 11.8 Å². The van der Waals surface area contributed by atoms with Crippen LogP contribution in [0, 0.1) is 0 Å². The summed E-state index contributed by atoms with van der Waals surface area (Å²) in [6.07, 6.45) is -3.43. The number of aldehydes is 1. The van der Waals surface area contributed by atoms with E-state index in [4.69, 9.17) is 4.74 Å². The number of carbonyl (C=O) groups is 2. The molecule has 0 radical (unpaired) electrons. The van der Waals surface area contributed by atoms with Crippen LogP contribution in [0.1, 0.15) is 36.8 Å². The standard InChI is InChI=1S/C20H19F3N4O4/c1-19(2,3)31-18(29)25-10-15-16-12(11-28)8-9-24-17(16)27(26-15)13-4-6-14(7-5-13)30-20(21,22)23/h4-9,11H,10H2,1-3H3,(H,25,29). The molecule has 3 rings (SSSR count). The van der Waals surface area contributed by atoms with Gasteiger partial charge in [0.2, 0.25) is 0 Å². The number of hydrogen-bond donors (Lipinski definition) is 1. The maximum atomic E-state index is 12.4. The second kappa shape index (κ2) is 8.25. The third-order valence-electron chi connectivity index (χ3n) is 3.91. The maximum Gasteiger partial charge on any atom is 0.573 e. The predicted octanol–water partition coefficient (Wildman–Crippen LogP) is 4.16. The molecule has 2 aromatic heterocycles. The fourth-order valence-corrected chi connectivity index (χ4v) is 2.80. The number of carbonyl (C=O) groups excluding carboxylic acids is 2. The summed E-state index contributed by atoms with van der Waals surface area (Å²) in [5.74, 6) is -0.388. The maximum absolute atomic E-state index is 12.4. The number of amides is 1. The van der Waals surface area contributed by atoms with Gasteiger partial charge >= 0.3 is 12.5 Å². The monoisotopic (exact) mass is 436 g/mol. The number of nitrogens with one attached hydrogen (secondary N) is 1. The number of aromatic nitrogens is 3. The Kier molecular flexibility index (Phi) is 5.87. The molecule has 0 bridgehead atoms. The first kappa shape index (κ1) is 22.1. The Morgan fingerprint density at radius 1 is 1.16 bits per heavy atom. The van der Waals surface area contributed by atoms with E-state index in [1.54, 1.807) is 20.8 Å². The van der Waals surface area contributed by atoms with Gasteiger partial charge in [0.05, 0.1) is 23.3 Å². The third kappa shape index (κ3) is 5.50. The molecule has 2 heterocycles. The number of alkyl carbamates (subject to hydrolysis) is 1. The van der Waals surface area contributed by atoms with E-state index in [0.717, 1.165) is 12.1 Å². The molecule has 0 saturated carbocycles. The van der Waals surface area contributed by atoms with Crippen LogP contribution >= 0.6 is 0 Å². The van der Waals surface area contributed by atoms with Gasteiger partial charge in [0.1, 0.15) is 11.4 Å². The highest BCUT2D eigenvalue weighted by molar-refractivity contribution is 5.97. The quantitative estimate of drug-likeness (QED) is 0.604. The van der Waals surface area contributed by atoms with Crippen molar-refractivity contribution in [2.75, 3.05) is 0 Å². The SMILES string of the molecule is CC(C)(C)OC(=O)NCc1nn(-c2ccc(OC(F)(F)F)cc2)c2nccc(C=O)c12. The van der Waals surface area contributed by atoms with Crippen molar-refractivity contribution < 1.29 is 32.2 Å². The number of ether oxygens (including phenoxy) is 2. The number of pyridine rings is 1. The predicted molar refractivity (Wildman–Crippen MR) is 104 cm³/mol. The minimum atomic E-state index is -4.80. The second-order valence-corrected chi connectivity index (χ2v) is 7.47. The topological polar surface area (TPSA) is 95.3 Å². The van der Waals surface area contributed by atoms with E-state index >= 15 is 0 Å². The van der Waals surface area contributed by atoms with Crippen LogP contribution in [0.4, 0.5) is 18.0 Å². The van der Waals surface area contributed by atoms with Crippen molar-refractivity contribution in [2.45, 2.75) is 39.3 Å². The number of nitrogens with zero attached hydrogens (tertiary/aromatic N) is 3. The van der Waals surface area contributed by atoms with Crippen LogP contribution in [0.3, 0.4) is 0 Å². The van der Waals surface area contributed by atoms with Crippen LogP contribution in [0.15, 0.2) is 36.5 Å². The molecular weight excluding hydrogens is 417 g/mol. The Hall–Kier alpha value is -3.63. The summed E-state index contributed by atoms with van der Waals surface area (Å²) in [4.78, 5) is 27.8. The molecule has 1 amide bonds. The van der Waals surface area contributed by atoms with Crippen molar-refractivity contribution in [2.24, 2.45) is 0 Å². The van der Waals surface area contributed by atoms with Gasteiger partial charge in [-0.2, -0.15) is 5.10 Å². The van der Waals surface area contributed by atoms with E-state index < -0.39 is 18.1 Å². The van der Waals surface area contributed by atoms with Gasteiger partial charge in [0.25, 0.3) is 0 Å². The Labute approximate surface area is 175 Å². The summed E-state index contributed by atoms with van der Waals surface area (Å²) in [6.45, 7) is 5.10. The largest absolute Gasteiger partial charge is 0.573 e. The summed E-state index contributed by atoms with van der Waals surface area (Å²) in [6, 6.07) is 6.51. The lowest BCUT2D eigenvalue weighted by Gasteiger charge is -2.19. The van der Waals surface area contributed by atoms with Crippen molar-refractivity contribution in [3.8, 4) is 11.4 Å². The number of hydrogen-bond acceptors (Lipinski definition) is 6. The van der Waals surface area contributed by atoms with E-state index in [0.29, 0.717) is 34.3 Å². The van der Waals surface area contributed by atoms with Crippen LogP contribution in [0.2, 0.25) is 0 Å². The number of halogens is 3. The number of fused-ring (bicyclic) bond motifs is 1. The Balaban J connectivity index is 1.96. The minimum absolute atomic E-state index is 0.0553. The van der Waals surface area contributed by atoms with E-state index in [1.807, 2.05) is 0 Å². The van der Waals surface area contributed by atoms with Gasteiger partial charge < -0.3 is 14.8 Å². The fraction of sp³-hybridized carbons (Fsp3) is 0.300. The molecule has 0 saturated heterocycles. The molecule has 0 fully saturated rings. The molecule has 0 spiro atoms. The molecule has 31 heavy (non-hydrogen) atoms. The lowest BCUT2D eigenvalue weighted by Crippen LogP contribution is -2.32. The number of alkyl halides is 3. The van der Waals surface area contributed by atoms with Gasteiger partial charge in [-0.3, -0.25) is 4.79 Å². The van der Waals surface area contributed by atoms with E-state index in [1.165, 1.54) is 29.1 Å². The molecule has 0 aliphatic heterocycles. The number of benzene rings is 1. The summed E-state index contributed by atoms with van der Waals surface area (Å²) in [7, 11) is 0. The van der Waals surface area contributed by atoms with Crippen molar-refractivity contribution in [3.05, 3.63) is 47.8 Å². The molecule has 11 heteroatoms. The van der Waals surface area contributed by atoms with Crippen LogP contribution < -0.4 is 10.1 Å². The van der Waals surface area contributed by atoms with Crippen molar-refractivity contribution in [1.82, 2.24) is 20.1 Å². The van der Waals surface area contributed by atoms with Crippen LogP contribution in [-0.4, -0.2) is 39.1 Å². The average molecular weight is 436 g/mol. The lowest BCUT2D eigenvalue weighted by atomic mass is 10.1. The van der Waals surface area contributed by atoms with E-state index in [2.05, 4.69) is 20.1 Å². The molecule has 3 aromatic rings. The van der Waals surface area contributed by atoms with E-state index in [9.17, 15) is 22.8 Å². The van der Waals surface area contributed by atoms with Crippen LogP contribution in [0.25, 0.3) is 16.7 Å². The fourth-order valence-electron chi connectivity index (χ4n) is 2.80. The van der Waals surface area contributed by atoms with Crippen molar-refractivity contribution in [3.63, 3.8) is 0 Å². The first-order valence-electron chi connectivity index (χ1n) is 9.12. The van der Waals surface area contributed by atoms with Crippen LogP contribution in [-0.2, 0) is 11.3 Å². The first-order chi connectivity index (χ1) is 14.5. The highest BCUT2D eigenvalue weighted by Gasteiger charge is 2.31. The highest BCUT2D eigenvalue weighted by Crippen LogP contribution is 2.26. The Bertz CT molecular complexity index is 1100. The molecular formula is C20H19F3N4O4. The molecule has 0 aliphatic carbocycles. The molecule has 164 valence electrons. The number of rotatable bonds is 5. The highest BCUT2D eigenvalue weighted by atomic mass is 19.4. The summed E-state index contributed by atoms with van der Waals surface area (Å²) < 4.78 is 47.6. The normalized spacial score (nSPS) is 11.9. The van der Waals surface area contributed by atoms with Gasteiger partial charge in [-0.05, 0) is 51.1 Å². The third-order valence-corrected chi connectivity index (χ3v) is 3.91. The zero-order chi connectivity index (χ0) is 22.8. The van der Waals surface area contributed by atoms with Crippen LogP contribution in [0.5, 0.6) is 5.75 Å². The minimum Gasteiger partial charge on any atom is -0.444 e. The smallest absolute Gasteiger partial charge is 0.444 e. The van der Waals surface area contributed by atoms with Gasteiger partial charge in [-0.15, -0.1) is 13.2 Å². The van der Waals surface area contributed by atoms with Gasteiger partial charge in [-0.1, -0.05) is 0 Å². The summed E-state index contributed by atoms with van der Waals surface area (Å²) in [5, 5.41) is 7.38. The molecule has 8 nitrogen and oxygen atoms in total. The first-order valence-corrected chi connectivity index (χ1v) is 9.12. The van der Waals surface area contributed by atoms with Gasteiger partial charge in [0.15, 0.2) is 11.9 Å². The zero-order valence-corrected chi connectivity index (χ0v) is 16.9. The molecule has 0 atom stereocenters. The summed E-state index contributed by atoms with van der Waals surface area (Å²) >= 11 is 0. The van der Waals surface area contributed by atoms with Gasteiger partial charge in [-0.25, -0.2) is 14.5 Å². The lowest BCUT2D eigenvalue weighted by molar-refractivity contribution is -0.274. The average Bonchev–Trinajstić information content (AvgIpc) is 3.03. The Morgan fingerprint density at radius 2 is 1.84 bits per heavy atom. The second-order valence-electron chi connectivity index (χ2n) is 7.47. The zero-order valence-electron chi connectivity index (χ0n) is 16.9. The molecule has 1 aromatic carbocycles. The van der Waals surface area contributed by atoms with E-state index in [-0.39, 0.29) is 12.3 Å². The Morgan fingerprint density at radius 3 is 2.42 bits per heavy atom. The molecule has 1 N–H and O–H groups in total. The van der Waals surface area contributed by atoms with Crippen molar-refractivity contribution >= 4 is 23.4 Å². The summed E-state index contributed by atoms with van der Waals surface area (Å²) in [5.41, 5.74) is 0.635. The molecule has 0 unspecified atom stereocenters. The molecule has 0 aliphatic rings.